The summed E-state index contributed by atoms with van der Waals surface area (Å²) >= 11 is 0. The van der Waals surface area contributed by atoms with E-state index in [1.165, 1.54) is 0 Å². The van der Waals surface area contributed by atoms with E-state index in [4.69, 9.17) is 9.84 Å². The van der Waals surface area contributed by atoms with Gasteiger partial charge in [0.05, 0.1) is 13.7 Å². The number of ether oxygens (including phenoxy) is 1. The number of methoxy groups -OCH3 is 1. The molecule has 0 radical (unpaired) electrons. The van der Waals surface area contributed by atoms with Crippen LogP contribution in [0.2, 0.25) is 0 Å². The Morgan fingerprint density at radius 3 is 1.90 bits per heavy atom. The molecule has 0 atom stereocenters. The smallest absolute Gasteiger partial charge is 0.253 e. The molecule has 2 aliphatic heterocycles. The van der Waals surface area contributed by atoms with Crippen LogP contribution in [0.1, 0.15) is 10.4 Å². The minimum atomic E-state index is 0.0454. The summed E-state index contributed by atoms with van der Waals surface area (Å²) in [5.74, 6) is 2.53. The molecule has 2 fully saturated rings. The third-order valence-electron chi connectivity index (χ3n) is 5.98. The summed E-state index contributed by atoms with van der Waals surface area (Å²) in [5, 5.41) is 18.0. The van der Waals surface area contributed by atoms with Gasteiger partial charge in [-0.25, -0.2) is 0 Å². The van der Waals surface area contributed by atoms with Crippen LogP contribution in [-0.4, -0.2) is 104 Å². The first-order chi connectivity index (χ1) is 15.2. The molecule has 31 heavy (non-hydrogen) atoms. The maximum atomic E-state index is 12.7. The molecule has 0 aliphatic carbocycles. The first-order valence-electron chi connectivity index (χ1n) is 10.8. The minimum absolute atomic E-state index is 0.0454. The number of amides is 1. The SMILES string of the molecule is COc1ccc(C(=O)N2CCN(c3ccc(N4CCN(CCO)CC4)nn3)CC2)cc1. The van der Waals surface area contributed by atoms with Crippen molar-refractivity contribution in [2.45, 2.75) is 0 Å². The molecule has 0 spiro atoms. The van der Waals surface area contributed by atoms with Gasteiger partial charge in [-0.15, -0.1) is 10.2 Å². The topological polar surface area (TPSA) is 85.3 Å². The van der Waals surface area contributed by atoms with Gasteiger partial charge in [0.1, 0.15) is 5.75 Å². The number of carbonyl (C=O) groups is 1. The fourth-order valence-electron chi connectivity index (χ4n) is 4.05. The standard InChI is InChI=1S/C22H30N6O3/c1-31-19-4-2-18(3-5-19)22(30)28-14-12-27(13-15-28)21-7-6-20(23-24-21)26-10-8-25(9-11-26)16-17-29/h2-7,29H,8-17H2,1H3. The number of piperazine rings is 2. The molecule has 1 amide bonds. The zero-order valence-corrected chi connectivity index (χ0v) is 18.0. The highest BCUT2D eigenvalue weighted by Gasteiger charge is 2.24. The number of β-amino-alcohol motifs (C(OH)–C–C–N with tert-alkyl or cyclic N) is 1. The number of anilines is 2. The normalized spacial score (nSPS) is 17.7. The Hall–Kier alpha value is -2.91. The second-order valence-corrected chi connectivity index (χ2v) is 7.81. The van der Waals surface area contributed by atoms with Crippen molar-refractivity contribution < 1.29 is 14.6 Å². The van der Waals surface area contributed by atoms with Gasteiger partial charge in [0, 0.05) is 64.5 Å². The van der Waals surface area contributed by atoms with Gasteiger partial charge < -0.3 is 24.5 Å². The maximum Gasteiger partial charge on any atom is 0.253 e. The fourth-order valence-corrected chi connectivity index (χ4v) is 4.05. The molecule has 2 aliphatic rings. The fraction of sp³-hybridized carbons (Fsp3) is 0.500. The quantitative estimate of drug-likeness (QED) is 0.717. The number of aliphatic hydroxyl groups excluding tert-OH is 1. The van der Waals surface area contributed by atoms with Crippen LogP contribution in [-0.2, 0) is 0 Å². The maximum absolute atomic E-state index is 12.7. The van der Waals surface area contributed by atoms with Crippen LogP contribution in [0.4, 0.5) is 11.6 Å². The van der Waals surface area contributed by atoms with E-state index in [1.807, 2.05) is 29.2 Å². The van der Waals surface area contributed by atoms with Crippen molar-refractivity contribution in [2.24, 2.45) is 0 Å². The second-order valence-electron chi connectivity index (χ2n) is 7.81. The van der Waals surface area contributed by atoms with Crippen LogP contribution < -0.4 is 14.5 Å². The number of aliphatic hydroxyl groups is 1. The largest absolute Gasteiger partial charge is 0.497 e. The van der Waals surface area contributed by atoms with E-state index in [0.29, 0.717) is 18.7 Å². The lowest BCUT2D eigenvalue weighted by Gasteiger charge is -2.36. The van der Waals surface area contributed by atoms with Crippen LogP contribution in [0, 0.1) is 0 Å². The Balaban J connectivity index is 1.29. The van der Waals surface area contributed by atoms with Gasteiger partial charge in [-0.3, -0.25) is 9.69 Å². The Bertz CT molecular complexity index is 845. The summed E-state index contributed by atoms with van der Waals surface area (Å²) in [6.45, 7) is 7.33. The summed E-state index contributed by atoms with van der Waals surface area (Å²) in [6, 6.07) is 11.3. The summed E-state index contributed by atoms with van der Waals surface area (Å²) in [4.78, 5) is 21.3. The molecule has 1 aromatic carbocycles. The van der Waals surface area contributed by atoms with Gasteiger partial charge >= 0.3 is 0 Å². The molecule has 3 heterocycles. The van der Waals surface area contributed by atoms with E-state index < -0.39 is 0 Å². The molecule has 2 aromatic rings. The first kappa shape index (κ1) is 21.3. The number of aromatic nitrogens is 2. The number of hydrogen-bond donors (Lipinski definition) is 1. The average Bonchev–Trinajstić information content (AvgIpc) is 2.85. The molecule has 9 heteroatoms. The van der Waals surface area contributed by atoms with Crippen LogP contribution in [0.3, 0.4) is 0 Å². The molecule has 0 saturated carbocycles. The number of hydrogen-bond acceptors (Lipinski definition) is 8. The molecular weight excluding hydrogens is 396 g/mol. The van der Waals surface area contributed by atoms with E-state index in [1.54, 1.807) is 19.2 Å². The highest BCUT2D eigenvalue weighted by Crippen LogP contribution is 2.19. The van der Waals surface area contributed by atoms with E-state index in [9.17, 15) is 4.79 Å². The van der Waals surface area contributed by atoms with Gasteiger partial charge in [-0.1, -0.05) is 0 Å². The Labute approximate surface area is 182 Å². The summed E-state index contributed by atoms with van der Waals surface area (Å²) in [6.07, 6.45) is 0. The van der Waals surface area contributed by atoms with Crippen LogP contribution in [0.25, 0.3) is 0 Å². The molecule has 0 bridgehead atoms. The molecule has 1 N–H and O–H groups in total. The van der Waals surface area contributed by atoms with Crippen molar-refractivity contribution in [1.82, 2.24) is 20.0 Å². The molecule has 2 saturated heterocycles. The first-order valence-corrected chi connectivity index (χ1v) is 10.8. The Morgan fingerprint density at radius 1 is 0.871 bits per heavy atom. The van der Waals surface area contributed by atoms with Crippen LogP contribution >= 0.6 is 0 Å². The third kappa shape index (κ3) is 5.05. The van der Waals surface area contributed by atoms with Crippen molar-refractivity contribution in [3.8, 4) is 5.75 Å². The lowest BCUT2D eigenvalue weighted by Crippen LogP contribution is -2.49. The van der Waals surface area contributed by atoms with Crippen molar-refractivity contribution >= 4 is 17.5 Å². The number of benzene rings is 1. The number of nitrogens with zero attached hydrogens (tertiary/aromatic N) is 6. The monoisotopic (exact) mass is 426 g/mol. The predicted molar refractivity (Wildman–Crippen MR) is 119 cm³/mol. The second kappa shape index (κ2) is 9.93. The number of rotatable bonds is 6. The zero-order valence-electron chi connectivity index (χ0n) is 18.0. The number of carbonyl (C=O) groups excluding carboxylic acids is 1. The van der Waals surface area contributed by atoms with Crippen molar-refractivity contribution in [2.75, 3.05) is 82.4 Å². The molecule has 1 aromatic heterocycles. The molecule has 0 unspecified atom stereocenters. The minimum Gasteiger partial charge on any atom is -0.497 e. The lowest BCUT2D eigenvalue weighted by molar-refractivity contribution is 0.0746. The molecular formula is C22H30N6O3. The molecule has 166 valence electrons. The van der Waals surface area contributed by atoms with Crippen molar-refractivity contribution in [3.05, 3.63) is 42.0 Å². The summed E-state index contributed by atoms with van der Waals surface area (Å²) in [7, 11) is 1.62. The molecule has 4 rings (SSSR count). The van der Waals surface area contributed by atoms with Gasteiger partial charge in [-0.05, 0) is 36.4 Å². The van der Waals surface area contributed by atoms with Crippen LogP contribution in [0.5, 0.6) is 5.75 Å². The van der Waals surface area contributed by atoms with E-state index in [0.717, 1.165) is 63.2 Å². The third-order valence-corrected chi connectivity index (χ3v) is 5.98. The van der Waals surface area contributed by atoms with Gasteiger partial charge in [-0.2, -0.15) is 0 Å². The predicted octanol–water partition coefficient (Wildman–Crippen LogP) is 0.562. The van der Waals surface area contributed by atoms with Crippen molar-refractivity contribution in [1.29, 1.82) is 0 Å². The highest BCUT2D eigenvalue weighted by atomic mass is 16.5. The van der Waals surface area contributed by atoms with E-state index >= 15 is 0 Å². The Morgan fingerprint density at radius 2 is 1.42 bits per heavy atom. The average molecular weight is 427 g/mol. The lowest BCUT2D eigenvalue weighted by atomic mass is 10.1. The molecule has 9 nitrogen and oxygen atoms in total. The van der Waals surface area contributed by atoms with Gasteiger partial charge in [0.15, 0.2) is 11.6 Å². The Kier molecular flexibility index (Phi) is 6.83. The van der Waals surface area contributed by atoms with E-state index in [2.05, 4.69) is 24.9 Å². The summed E-state index contributed by atoms with van der Waals surface area (Å²) in [5.41, 5.74) is 0.678. The highest BCUT2D eigenvalue weighted by molar-refractivity contribution is 5.94. The van der Waals surface area contributed by atoms with Crippen molar-refractivity contribution in [3.63, 3.8) is 0 Å². The van der Waals surface area contributed by atoms with E-state index in [-0.39, 0.29) is 12.5 Å². The zero-order chi connectivity index (χ0) is 21.6. The van der Waals surface area contributed by atoms with Gasteiger partial charge in [0.2, 0.25) is 0 Å². The van der Waals surface area contributed by atoms with Gasteiger partial charge in [0.25, 0.3) is 5.91 Å². The van der Waals surface area contributed by atoms with Crippen LogP contribution in [0.15, 0.2) is 36.4 Å². The summed E-state index contributed by atoms with van der Waals surface area (Å²) < 4.78 is 5.16.